The van der Waals surface area contributed by atoms with Gasteiger partial charge in [-0.1, -0.05) is 346 Å². The largest absolute Gasteiger partial charge is 0.756 e. The monoisotopic (exact) mass is 1120 g/mol. The summed E-state index contributed by atoms with van der Waals surface area (Å²) in [5, 5.41) is 13.9. The van der Waals surface area contributed by atoms with Gasteiger partial charge in [0.25, 0.3) is 7.82 Å². The highest BCUT2D eigenvalue weighted by atomic mass is 31.2. The predicted octanol–water partition coefficient (Wildman–Crippen LogP) is 21.3. The lowest BCUT2D eigenvalue weighted by Crippen LogP contribution is -2.45. The number of allylic oxidation sites excluding steroid dienone is 3. The maximum Gasteiger partial charge on any atom is 0.268 e. The summed E-state index contributed by atoms with van der Waals surface area (Å²) in [6.45, 7) is 4.70. The number of hydrogen-bond donors (Lipinski definition) is 2. The highest BCUT2D eigenvalue weighted by Crippen LogP contribution is 2.38. The highest BCUT2D eigenvalue weighted by Gasteiger charge is 2.23. The van der Waals surface area contributed by atoms with Gasteiger partial charge in [-0.3, -0.25) is 9.36 Å². The molecule has 9 heteroatoms. The molecule has 0 saturated carbocycles. The fraction of sp³-hybridized carbons (Fsp3) is 0.928. The van der Waals surface area contributed by atoms with Gasteiger partial charge in [0.1, 0.15) is 13.2 Å². The number of rotatable bonds is 65. The second-order valence-electron chi connectivity index (χ2n) is 25.2. The third-order valence-electron chi connectivity index (χ3n) is 16.2. The van der Waals surface area contributed by atoms with E-state index in [1.807, 2.05) is 27.2 Å². The Morgan fingerprint density at radius 1 is 0.436 bits per heavy atom. The van der Waals surface area contributed by atoms with Crippen molar-refractivity contribution in [2.75, 3.05) is 40.9 Å². The maximum absolute atomic E-state index is 13.0. The number of amides is 1. The molecule has 464 valence electrons. The van der Waals surface area contributed by atoms with Crippen LogP contribution < -0.4 is 10.2 Å². The average molecular weight is 1120 g/mol. The number of nitrogens with one attached hydrogen (secondary N) is 1. The molecule has 0 aliphatic rings. The topological polar surface area (TPSA) is 108 Å². The first kappa shape index (κ1) is 77.0. The molecule has 3 atom stereocenters. The van der Waals surface area contributed by atoms with Crippen molar-refractivity contribution in [2.45, 2.75) is 373 Å². The van der Waals surface area contributed by atoms with E-state index in [9.17, 15) is 19.4 Å². The summed E-state index contributed by atoms with van der Waals surface area (Å²) in [6.07, 6.45) is 78.8. The zero-order valence-electron chi connectivity index (χ0n) is 53.2. The van der Waals surface area contributed by atoms with E-state index in [1.165, 1.54) is 302 Å². The molecule has 0 rings (SSSR count). The third-order valence-corrected chi connectivity index (χ3v) is 17.1. The van der Waals surface area contributed by atoms with E-state index in [0.717, 1.165) is 38.5 Å². The summed E-state index contributed by atoms with van der Waals surface area (Å²) in [5.41, 5.74) is 0. The molecule has 0 radical (unpaired) electrons. The minimum atomic E-state index is -4.61. The number of aliphatic hydroxyl groups is 1. The van der Waals surface area contributed by atoms with Crippen LogP contribution in [0.25, 0.3) is 0 Å². The number of carbonyl (C=O) groups excluding carboxylic acids is 1. The highest BCUT2D eigenvalue weighted by molar-refractivity contribution is 7.45. The lowest BCUT2D eigenvalue weighted by atomic mass is 10.0. The minimum Gasteiger partial charge on any atom is -0.756 e. The molecule has 0 bridgehead atoms. The summed E-state index contributed by atoms with van der Waals surface area (Å²) in [4.78, 5) is 25.6. The van der Waals surface area contributed by atoms with E-state index >= 15 is 0 Å². The van der Waals surface area contributed by atoms with Gasteiger partial charge in [0.05, 0.1) is 39.9 Å². The molecule has 2 N–H and O–H groups in total. The minimum absolute atomic E-state index is 0.00343. The molecule has 0 aromatic carbocycles. The molecular formula is C69H137N2O6P. The molecule has 0 aliphatic heterocycles. The Morgan fingerprint density at radius 2 is 0.718 bits per heavy atom. The van der Waals surface area contributed by atoms with Gasteiger partial charge >= 0.3 is 0 Å². The van der Waals surface area contributed by atoms with Gasteiger partial charge in [0.15, 0.2) is 0 Å². The molecule has 0 aromatic heterocycles. The smallest absolute Gasteiger partial charge is 0.268 e. The van der Waals surface area contributed by atoms with E-state index in [2.05, 4.69) is 31.3 Å². The van der Waals surface area contributed by atoms with E-state index in [4.69, 9.17) is 9.05 Å². The molecule has 0 spiro atoms. The number of quaternary nitrogens is 1. The van der Waals surface area contributed by atoms with Gasteiger partial charge in [-0.05, 0) is 32.1 Å². The summed E-state index contributed by atoms with van der Waals surface area (Å²) < 4.78 is 23.4. The Morgan fingerprint density at radius 3 is 1.04 bits per heavy atom. The summed E-state index contributed by atoms with van der Waals surface area (Å²) in [6, 6.07) is -0.902. The van der Waals surface area contributed by atoms with Crippen LogP contribution in [0.5, 0.6) is 0 Å². The van der Waals surface area contributed by atoms with Crippen molar-refractivity contribution in [3.63, 3.8) is 0 Å². The van der Waals surface area contributed by atoms with Gasteiger partial charge in [0.2, 0.25) is 5.91 Å². The fourth-order valence-electron chi connectivity index (χ4n) is 10.8. The lowest BCUT2D eigenvalue weighted by molar-refractivity contribution is -0.870. The SMILES string of the molecule is CCCCCCCCCCCCCCCCCCCCC/C=C/CC/C=C/C(O)C(COP(=O)([O-])OCC[N+](C)(C)C)NC(=O)CCCCCCCCCCCCCCCCCCCCCCCCCCCCCCCCC. The molecule has 0 saturated heterocycles. The third kappa shape index (κ3) is 62.6. The quantitative estimate of drug-likeness (QED) is 0.0272. The van der Waals surface area contributed by atoms with Crippen LogP contribution in [0, 0.1) is 0 Å². The van der Waals surface area contributed by atoms with Crippen LogP contribution in [0.2, 0.25) is 0 Å². The first-order chi connectivity index (χ1) is 38.0. The number of aliphatic hydroxyl groups excluding tert-OH is 1. The summed E-state index contributed by atoms with van der Waals surface area (Å²) in [5.74, 6) is -0.198. The number of hydrogen-bond acceptors (Lipinski definition) is 6. The van der Waals surface area contributed by atoms with Crippen molar-refractivity contribution in [2.24, 2.45) is 0 Å². The van der Waals surface area contributed by atoms with Crippen LogP contribution in [-0.4, -0.2) is 68.5 Å². The standard InChI is InChI=1S/C69H137N2O6P/c1-6-8-10-12-14-16-18-20-22-24-26-28-30-32-33-34-35-36-37-39-41-43-45-47-49-51-53-55-57-59-61-63-69(73)70-67(66-77-78(74,75)76-65-64-71(3,4)5)68(72)62-60-58-56-54-52-50-48-46-44-42-40-38-31-29-27-25-23-21-19-17-15-13-11-9-7-2/h52,54,60,62,67-68,72H,6-51,53,55-59,61,63-66H2,1-5H3,(H-,70,73,74,75)/b54-52+,62-60+. The second-order valence-corrected chi connectivity index (χ2v) is 26.7. The van der Waals surface area contributed by atoms with Gasteiger partial charge in [0, 0.05) is 6.42 Å². The fourth-order valence-corrected chi connectivity index (χ4v) is 11.5. The first-order valence-corrected chi connectivity index (χ1v) is 36.2. The number of unbranched alkanes of at least 4 members (excludes halogenated alkanes) is 50. The van der Waals surface area contributed by atoms with E-state index in [0.29, 0.717) is 17.4 Å². The van der Waals surface area contributed by atoms with Gasteiger partial charge in [-0.15, -0.1) is 0 Å². The van der Waals surface area contributed by atoms with Gasteiger partial charge in [-0.25, -0.2) is 0 Å². The van der Waals surface area contributed by atoms with E-state index in [-0.39, 0.29) is 19.1 Å². The maximum atomic E-state index is 13.0. The molecule has 78 heavy (non-hydrogen) atoms. The average Bonchev–Trinajstić information content (AvgIpc) is 3.41. The second kappa shape index (κ2) is 60.6. The number of nitrogens with zero attached hydrogens (tertiary/aromatic N) is 1. The Bertz CT molecular complexity index is 1320. The van der Waals surface area contributed by atoms with Crippen LogP contribution in [-0.2, 0) is 18.4 Å². The number of likely N-dealkylation sites (N-methyl/N-ethyl adjacent to an activating group) is 1. The molecule has 0 heterocycles. The molecule has 0 aromatic rings. The van der Waals surface area contributed by atoms with Crippen LogP contribution in [0.3, 0.4) is 0 Å². The van der Waals surface area contributed by atoms with Crippen molar-refractivity contribution >= 4 is 13.7 Å². The number of phosphoric ester groups is 1. The predicted molar refractivity (Wildman–Crippen MR) is 339 cm³/mol. The Kier molecular flexibility index (Phi) is 59.8. The summed E-state index contributed by atoms with van der Waals surface area (Å²) >= 11 is 0. The summed E-state index contributed by atoms with van der Waals surface area (Å²) in [7, 11) is 1.26. The normalized spacial score (nSPS) is 13.8. The first-order valence-electron chi connectivity index (χ1n) is 34.7. The van der Waals surface area contributed by atoms with Crippen LogP contribution in [0.15, 0.2) is 24.3 Å². The molecular weight excluding hydrogens is 984 g/mol. The van der Waals surface area contributed by atoms with E-state index < -0.39 is 20.0 Å². The number of phosphoric acid groups is 1. The van der Waals surface area contributed by atoms with Crippen LogP contribution in [0.1, 0.15) is 361 Å². The van der Waals surface area contributed by atoms with Crippen LogP contribution in [0.4, 0.5) is 0 Å². The zero-order chi connectivity index (χ0) is 57.0. The Labute approximate surface area is 487 Å². The van der Waals surface area contributed by atoms with Gasteiger partial charge in [-0.2, -0.15) is 0 Å². The van der Waals surface area contributed by atoms with Crippen LogP contribution >= 0.6 is 7.82 Å². The van der Waals surface area contributed by atoms with Crippen molar-refractivity contribution < 1.29 is 32.9 Å². The lowest BCUT2D eigenvalue weighted by Gasteiger charge is -2.29. The van der Waals surface area contributed by atoms with Crippen molar-refractivity contribution in [3.05, 3.63) is 24.3 Å². The van der Waals surface area contributed by atoms with Crippen molar-refractivity contribution in [3.8, 4) is 0 Å². The number of carbonyl (C=O) groups is 1. The van der Waals surface area contributed by atoms with Gasteiger partial charge < -0.3 is 28.8 Å². The molecule has 0 fully saturated rings. The Balaban J connectivity index is 4.06. The van der Waals surface area contributed by atoms with Crippen molar-refractivity contribution in [1.29, 1.82) is 0 Å². The zero-order valence-corrected chi connectivity index (χ0v) is 54.0. The Hall–Kier alpha value is -1.02. The molecule has 1 amide bonds. The molecule has 3 unspecified atom stereocenters. The molecule has 0 aliphatic carbocycles. The van der Waals surface area contributed by atoms with Crippen molar-refractivity contribution in [1.82, 2.24) is 5.32 Å². The molecule has 8 nitrogen and oxygen atoms in total. The van der Waals surface area contributed by atoms with E-state index in [1.54, 1.807) is 6.08 Å².